The molecule has 0 aromatic rings. The molecule has 13 heteroatoms. The molecule has 0 unspecified atom stereocenters. The average Bonchev–Trinajstić information content (AvgIpc) is 2.94. The second-order valence-electron chi connectivity index (χ2n) is 8.78. The van der Waals surface area contributed by atoms with Crippen molar-refractivity contribution in [2.24, 2.45) is 4.99 Å². The number of carbonyl (C=O) groups is 4. The third-order valence-corrected chi connectivity index (χ3v) is 5.42. The van der Waals surface area contributed by atoms with Gasteiger partial charge in [-0.15, -0.1) is 0 Å². The Morgan fingerprint density at radius 3 is 1.65 bits per heavy atom. The van der Waals surface area contributed by atoms with E-state index in [1.54, 1.807) is 6.26 Å². The number of carbonyl (C=O) groups excluding carboxylic acids is 5. The molecule has 1 N–H and O–H groups in total. The van der Waals surface area contributed by atoms with Gasteiger partial charge in [-0.2, -0.15) is 5.26 Å². The van der Waals surface area contributed by atoms with Gasteiger partial charge in [0.1, 0.15) is 33.0 Å². The molecule has 0 aliphatic heterocycles. The molecule has 0 spiro atoms. The number of alkyl carbamates (subject to hydrolysis) is 1. The van der Waals surface area contributed by atoms with E-state index in [1.165, 1.54) is 6.08 Å². The van der Waals surface area contributed by atoms with E-state index in [4.69, 9.17) is 24.2 Å². The highest BCUT2D eigenvalue weighted by molar-refractivity contribution is 5.71. The number of esters is 3. The van der Waals surface area contributed by atoms with E-state index < -0.39 is 18.0 Å². The minimum Gasteiger partial charge on any atom is -0.462 e. The molecule has 0 heterocycles. The molecule has 0 atom stereocenters. The normalized spacial score (nSPS) is 9.97. The topological polar surface area (TPSA) is 180 Å². The summed E-state index contributed by atoms with van der Waals surface area (Å²) in [6, 6.07) is 0. The molecule has 0 rings (SSSR count). The lowest BCUT2D eigenvalue weighted by Crippen LogP contribution is -2.26. The molecule has 40 heavy (non-hydrogen) atoms. The largest absolute Gasteiger partial charge is 0.462 e. The number of hydrogen-bond acceptors (Lipinski definition) is 12. The SMILES string of the molecule is N#COCCCCCCNC(=O)OCCOC(=O)CCCCC(=O)OCCOC(=O)CCCCCCCN=C=O. The van der Waals surface area contributed by atoms with Crippen molar-refractivity contribution >= 4 is 30.1 Å². The number of ether oxygens (including phenoxy) is 5. The molecule has 0 aromatic carbocycles. The van der Waals surface area contributed by atoms with Gasteiger partial charge in [0.25, 0.3) is 6.26 Å². The van der Waals surface area contributed by atoms with Crippen LogP contribution in [0.15, 0.2) is 4.99 Å². The highest BCUT2D eigenvalue weighted by atomic mass is 16.6. The molecule has 0 aliphatic rings. The van der Waals surface area contributed by atoms with Crippen LogP contribution in [-0.2, 0) is 42.9 Å². The Bertz CT molecular complexity index is 794. The maximum atomic E-state index is 11.7. The predicted octanol–water partition coefficient (Wildman–Crippen LogP) is 3.64. The smallest absolute Gasteiger partial charge is 0.407 e. The molecule has 0 aliphatic carbocycles. The molecule has 13 nitrogen and oxygen atoms in total. The summed E-state index contributed by atoms with van der Waals surface area (Å²) in [5, 5.41) is 10.8. The van der Waals surface area contributed by atoms with E-state index >= 15 is 0 Å². The number of rotatable bonds is 26. The zero-order chi connectivity index (χ0) is 29.5. The van der Waals surface area contributed by atoms with Crippen molar-refractivity contribution in [2.45, 2.75) is 89.9 Å². The summed E-state index contributed by atoms with van der Waals surface area (Å²) in [4.78, 5) is 60.1. The highest BCUT2D eigenvalue weighted by Crippen LogP contribution is 2.07. The fourth-order valence-electron chi connectivity index (χ4n) is 3.33. The van der Waals surface area contributed by atoms with Gasteiger partial charge < -0.3 is 29.0 Å². The molecule has 226 valence electrons. The van der Waals surface area contributed by atoms with E-state index in [2.05, 4.69) is 15.0 Å². The molecule has 0 saturated heterocycles. The first-order valence-corrected chi connectivity index (χ1v) is 13.9. The minimum atomic E-state index is -0.580. The summed E-state index contributed by atoms with van der Waals surface area (Å²) in [5.74, 6) is -1.22. The molecule has 0 aromatic heterocycles. The first kappa shape index (κ1) is 36.4. The summed E-state index contributed by atoms with van der Waals surface area (Å²) in [6.45, 7) is 1.24. The minimum absolute atomic E-state index is 0.000741. The summed E-state index contributed by atoms with van der Waals surface area (Å²) in [6.07, 6.45) is 11.7. The fourth-order valence-corrected chi connectivity index (χ4v) is 3.33. The number of nitrogens with zero attached hydrogens (tertiary/aromatic N) is 2. The summed E-state index contributed by atoms with van der Waals surface area (Å²) < 4.78 is 24.5. The van der Waals surface area contributed by atoms with E-state index in [0.717, 1.165) is 51.4 Å². The van der Waals surface area contributed by atoms with Gasteiger partial charge in [0, 0.05) is 25.8 Å². The van der Waals surface area contributed by atoms with E-state index in [0.29, 0.717) is 45.4 Å². The highest BCUT2D eigenvalue weighted by Gasteiger charge is 2.08. The van der Waals surface area contributed by atoms with Crippen LogP contribution < -0.4 is 5.32 Å². The molecular weight excluding hydrogens is 526 g/mol. The van der Waals surface area contributed by atoms with Crippen molar-refractivity contribution in [3.05, 3.63) is 0 Å². The third kappa shape index (κ3) is 27.4. The van der Waals surface area contributed by atoms with Crippen molar-refractivity contribution in [3.63, 3.8) is 0 Å². The van der Waals surface area contributed by atoms with Crippen molar-refractivity contribution in [1.29, 1.82) is 5.26 Å². The number of unbranched alkanes of at least 4 members (excludes halogenated alkanes) is 8. The lowest BCUT2D eigenvalue weighted by molar-refractivity contribution is -0.152. The van der Waals surface area contributed by atoms with Crippen LogP contribution >= 0.6 is 0 Å². The number of hydrogen-bond donors (Lipinski definition) is 1. The van der Waals surface area contributed by atoms with Gasteiger partial charge in [-0.1, -0.05) is 25.7 Å². The van der Waals surface area contributed by atoms with Crippen LogP contribution in [0, 0.1) is 11.5 Å². The monoisotopic (exact) mass is 569 g/mol. The van der Waals surface area contributed by atoms with Gasteiger partial charge >= 0.3 is 24.0 Å². The van der Waals surface area contributed by atoms with Crippen molar-refractivity contribution in [1.82, 2.24) is 5.32 Å². The Morgan fingerprint density at radius 1 is 0.600 bits per heavy atom. The van der Waals surface area contributed by atoms with Gasteiger partial charge in [-0.25, -0.2) is 14.6 Å². The first-order valence-electron chi connectivity index (χ1n) is 13.9. The van der Waals surface area contributed by atoms with Crippen LogP contribution in [0.3, 0.4) is 0 Å². The summed E-state index contributed by atoms with van der Waals surface area (Å²) in [7, 11) is 0. The fraction of sp³-hybridized carbons (Fsp3) is 0.778. The third-order valence-electron chi connectivity index (χ3n) is 5.42. The maximum absolute atomic E-state index is 11.7. The Labute approximate surface area is 235 Å². The van der Waals surface area contributed by atoms with Crippen molar-refractivity contribution in [3.8, 4) is 6.26 Å². The van der Waals surface area contributed by atoms with Gasteiger partial charge in [0.05, 0.1) is 6.54 Å². The number of nitrogens with one attached hydrogen (secondary N) is 1. The van der Waals surface area contributed by atoms with Gasteiger partial charge in [-0.05, 0) is 44.9 Å². The van der Waals surface area contributed by atoms with Crippen LogP contribution in [0.25, 0.3) is 0 Å². The van der Waals surface area contributed by atoms with Crippen LogP contribution in [-0.4, -0.2) is 76.2 Å². The van der Waals surface area contributed by atoms with Crippen LogP contribution in [0.5, 0.6) is 0 Å². The van der Waals surface area contributed by atoms with E-state index in [1.807, 2.05) is 0 Å². The molecule has 0 bridgehead atoms. The average molecular weight is 570 g/mol. The lowest BCUT2D eigenvalue weighted by atomic mass is 10.1. The molecule has 0 fully saturated rings. The van der Waals surface area contributed by atoms with Crippen LogP contribution in [0.2, 0.25) is 0 Å². The zero-order valence-corrected chi connectivity index (χ0v) is 23.3. The zero-order valence-electron chi connectivity index (χ0n) is 23.3. The Kier molecular flexibility index (Phi) is 25.8. The predicted molar refractivity (Wildman–Crippen MR) is 141 cm³/mol. The number of nitriles is 1. The van der Waals surface area contributed by atoms with E-state index in [-0.39, 0.29) is 45.2 Å². The Hall–Kier alpha value is -3.65. The van der Waals surface area contributed by atoms with E-state index in [9.17, 15) is 24.0 Å². The quantitative estimate of drug-likeness (QED) is 0.0401. The maximum Gasteiger partial charge on any atom is 0.407 e. The second-order valence-corrected chi connectivity index (χ2v) is 8.78. The van der Waals surface area contributed by atoms with Crippen molar-refractivity contribution < 1.29 is 47.7 Å². The molecule has 0 radical (unpaired) electrons. The van der Waals surface area contributed by atoms with Gasteiger partial charge in [-0.3, -0.25) is 14.4 Å². The number of amides is 1. The molecular formula is C27H43N3O10. The summed E-state index contributed by atoms with van der Waals surface area (Å²) >= 11 is 0. The van der Waals surface area contributed by atoms with Crippen LogP contribution in [0.1, 0.15) is 89.9 Å². The molecule has 1 amide bonds. The number of isocyanates is 1. The van der Waals surface area contributed by atoms with Crippen LogP contribution in [0.4, 0.5) is 4.79 Å². The van der Waals surface area contributed by atoms with Gasteiger partial charge in [0.2, 0.25) is 6.08 Å². The Morgan fingerprint density at radius 2 is 1.07 bits per heavy atom. The Balaban J connectivity index is 3.50. The lowest BCUT2D eigenvalue weighted by Gasteiger charge is -2.08. The standard InChI is InChI=1S/C27H43N3O10/c28-22-36-17-11-5-4-10-16-30-27(35)40-21-20-39-26(34)14-8-7-13-25(33)38-19-18-37-24(32)12-6-2-1-3-9-15-29-23-31/h1-21H2,(H,30,35). The molecule has 0 saturated carbocycles. The second kappa shape index (κ2) is 28.4. The summed E-state index contributed by atoms with van der Waals surface area (Å²) in [5.41, 5.74) is 0. The van der Waals surface area contributed by atoms with Crippen molar-refractivity contribution in [2.75, 3.05) is 46.1 Å². The van der Waals surface area contributed by atoms with Gasteiger partial charge in [0.15, 0.2) is 0 Å². The first-order chi connectivity index (χ1) is 19.5. The number of aliphatic imine (C=N–C) groups is 1.